The SMILES string of the molecule is Cc1cc(Oc2cccc(C(F)(F)F)c2)cc(C)c1[N+](=O)[O-]. The van der Waals surface area contributed by atoms with E-state index in [0.717, 1.165) is 12.1 Å². The first kappa shape index (κ1) is 15.8. The minimum atomic E-state index is -4.46. The van der Waals surface area contributed by atoms with Gasteiger partial charge >= 0.3 is 6.18 Å². The number of aryl methyl sites for hydroxylation is 2. The van der Waals surface area contributed by atoms with Gasteiger partial charge in [0.2, 0.25) is 0 Å². The van der Waals surface area contributed by atoms with Gasteiger partial charge in [-0.25, -0.2) is 0 Å². The van der Waals surface area contributed by atoms with Gasteiger partial charge in [0.05, 0.1) is 10.5 Å². The summed E-state index contributed by atoms with van der Waals surface area (Å²) in [5.74, 6) is 0.266. The molecule has 0 aliphatic carbocycles. The predicted octanol–water partition coefficient (Wildman–Crippen LogP) is 5.02. The number of nitro groups is 1. The fourth-order valence-corrected chi connectivity index (χ4v) is 2.14. The Balaban J connectivity index is 2.34. The highest BCUT2D eigenvalue weighted by Gasteiger charge is 2.30. The molecule has 0 N–H and O–H groups in total. The van der Waals surface area contributed by atoms with Crippen LogP contribution in [0.1, 0.15) is 16.7 Å². The van der Waals surface area contributed by atoms with Crippen molar-refractivity contribution in [1.82, 2.24) is 0 Å². The van der Waals surface area contributed by atoms with Crippen molar-refractivity contribution in [2.75, 3.05) is 0 Å². The molecule has 0 amide bonds. The summed E-state index contributed by atoms with van der Waals surface area (Å²) >= 11 is 0. The van der Waals surface area contributed by atoms with Crippen molar-refractivity contribution in [3.63, 3.8) is 0 Å². The van der Waals surface area contributed by atoms with E-state index in [4.69, 9.17) is 4.74 Å². The number of ether oxygens (including phenoxy) is 1. The summed E-state index contributed by atoms with van der Waals surface area (Å²) in [5.41, 5.74) is -0.0873. The third kappa shape index (κ3) is 3.36. The zero-order valence-electron chi connectivity index (χ0n) is 11.8. The third-order valence-corrected chi connectivity index (χ3v) is 3.04. The molecule has 0 saturated carbocycles. The van der Waals surface area contributed by atoms with Crippen LogP contribution in [0.25, 0.3) is 0 Å². The third-order valence-electron chi connectivity index (χ3n) is 3.04. The van der Waals surface area contributed by atoms with Crippen molar-refractivity contribution >= 4 is 5.69 Å². The fourth-order valence-electron chi connectivity index (χ4n) is 2.14. The standard InChI is InChI=1S/C15H12F3NO3/c1-9-6-13(7-10(2)14(9)19(20)21)22-12-5-3-4-11(8-12)15(16,17)18/h3-8H,1-2H3. The van der Waals surface area contributed by atoms with Gasteiger partial charge in [-0.15, -0.1) is 0 Å². The number of alkyl halides is 3. The molecule has 116 valence electrons. The van der Waals surface area contributed by atoms with Crippen molar-refractivity contribution in [2.24, 2.45) is 0 Å². The molecular weight excluding hydrogens is 299 g/mol. The molecule has 0 radical (unpaired) electrons. The van der Waals surface area contributed by atoms with Gasteiger partial charge in [0.1, 0.15) is 11.5 Å². The normalized spacial score (nSPS) is 11.3. The van der Waals surface area contributed by atoms with Crippen LogP contribution >= 0.6 is 0 Å². The van der Waals surface area contributed by atoms with Crippen molar-refractivity contribution in [3.8, 4) is 11.5 Å². The average Bonchev–Trinajstić information content (AvgIpc) is 2.36. The highest BCUT2D eigenvalue weighted by Crippen LogP contribution is 2.34. The molecule has 2 aromatic carbocycles. The molecule has 0 fully saturated rings. The second-order valence-corrected chi connectivity index (χ2v) is 4.79. The Morgan fingerprint density at radius 1 is 1.05 bits per heavy atom. The fraction of sp³-hybridized carbons (Fsp3) is 0.200. The summed E-state index contributed by atoms with van der Waals surface area (Å²) in [6, 6.07) is 7.30. The van der Waals surface area contributed by atoms with E-state index in [1.54, 1.807) is 13.8 Å². The van der Waals surface area contributed by atoms with Crippen LogP contribution in [-0.2, 0) is 6.18 Å². The van der Waals surface area contributed by atoms with Crippen LogP contribution in [-0.4, -0.2) is 4.92 Å². The van der Waals surface area contributed by atoms with Gasteiger partial charge in [0.15, 0.2) is 0 Å². The molecule has 7 heteroatoms. The molecule has 4 nitrogen and oxygen atoms in total. The molecule has 2 aromatic rings. The Labute approximate surface area is 124 Å². The number of nitrogens with zero attached hydrogens (tertiary/aromatic N) is 1. The Morgan fingerprint density at radius 3 is 2.14 bits per heavy atom. The van der Waals surface area contributed by atoms with Crippen LogP contribution < -0.4 is 4.74 Å². The van der Waals surface area contributed by atoms with Gasteiger partial charge < -0.3 is 4.74 Å². The maximum absolute atomic E-state index is 12.6. The number of nitro benzene ring substituents is 1. The molecular formula is C15H12F3NO3. The number of benzene rings is 2. The molecule has 0 heterocycles. The number of hydrogen-bond acceptors (Lipinski definition) is 3. The average molecular weight is 311 g/mol. The quantitative estimate of drug-likeness (QED) is 0.590. The van der Waals surface area contributed by atoms with Crippen LogP contribution in [0, 0.1) is 24.0 Å². The van der Waals surface area contributed by atoms with Crippen molar-refractivity contribution < 1.29 is 22.8 Å². The van der Waals surface area contributed by atoms with Crippen LogP contribution in [0.2, 0.25) is 0 Å². The number of halogens is 3. The summed E-state index contributed by atoms with van der Waals surface area (Å²) < 4.78 is 43.3. The van der Waals surface area contributed by atoms with Gasteiger partial charge in [0.25, 0.3) is 5.69 Å². The molecule has 2 rings (SSSR count). The maximum Gasteiger partial charge on any atom is 0.416 e. The van der Waals surface area contributed by atoms with Crippen LogP contribution in [0.5, 0.6) is 11.5 Å². The predicted molar refractivity (Wildman–Crippen MR) is 74.1 cm³/mol. The zero-order chi connectivity index (χ0) is 16.5. The smallest absolute Gasteiger partial charge is 0.416 e. The molecule has 0 spiro atoms. The lowest BCUT2D eigenvalue weighted by Gasteiger charge is -2.11. The summed E-state index contributed by atoms with van der Waals surface area (Å²) in [5, 5.41) is 10.9. The first-order chi connectivity index (χ1) is 10.2. The lowest BCUT2D eigenvalue weighted by molar-refractivity contribution is -0.386. The lowest BCUT2D eigenvalue weighted by Crippen LogP contribution is -2.04. The van der Waals surface area contributed by atoms with E-state index in [-0.39, 0.29) is 17.2 Å². The lowest BCUT2D eigenvalue weighted by atomic mass is 10.1. The second-order valence-electron chi connectivity index (χ2n) is 4.79. The van der Waals surface area contributed by atoms with E-state index in [0.29, 0.717) is 11.1 Å². The minimum Gasteiger partial charge on any atom is -0.457 e. The monoisotopic (exact) mass is 311 g/mol. The first-order valence-corrected chi connectivity index (χ1v) is 6.29. The van der Waals surface area contributed by atoms with Crippen LogP contribution in [0.4, 0.5) is 18.9 Å². The molecule has 0 atom stereocenters. The van der Waals surface area contributed by atoms with E-state index in [1.165, 1.54) is 24.3 Å². The van der Waals surface area contributed by atoms with E-state index in [2.05, 4.69) is 0 Å². The number of rotatable bonds is 3. The summed E-state index contributed by atoms with van der Waals surface area (Å²) in [6.07, 6.45) is -4.46. The largest absolute Gasteiger partial charge is 0.457 e. The van der Waals surface area contributed by atoms with E-state index in [9.17, 15) is 23.3 Å². The Hall–Kier alpha value is -2.57. The molecule has 0 unspecified atom stereocenters. The molecule has 0 saturated heterocycles. The Kier molecular flexibility index (Phi) is 4.07. The summed E-state index contributed by atoms with van der Waals surface area (Å²) in [7, 11) is 0. The topological polar surface area (TPSA) is 52.4 Å². The van der Waals surface area contributed by atoms with Crippen molar-refractivity contribution in [3.05, 3.63) is 63.2 Å². The molecule has 0 aromatic heterocycles. The highest BCUT2D eigenvalue weighted by molar-refractivity contribution is 5.52. The Bertz CT molecular complexity index is 703. The zero-order valence-corrected chi connectivity index (χ0v) is 11.8. The van der Waals surface area contributed by atoms with Gasteiger partial charge in [-0.05, 0) is 44.2 Å². The molecule has 22 heavy (non-hydrogen) atoms. The van der Waals surface area contributed by atoms with Gasteiger partial charge in [0, 0.05) is 11.1 Å². The van der Waals surface area contributed by atoms with E-state index >= 15 is 0 Å². The maximum atomic E-state index is 12.6. The molecule has 0 aliphatic heterocycles. The van der Waals surface area contributed by atoms with Gasteiger partial charge in [-0.1, -0.05) is 6.07 Å². The number of hydrogen-bond donors (Lipinski definition) is 0. The van der Waals surface area contributed by atoms with E-state index in [1.807, 2.05) is 0 Å². The van der Waals surface area contributed by atoms with Crippen LogP contribution in [0.3, 0.4) is 0 Å². The Morgan fingerprint density at radius 2 is 1.64 bits per heavy atom. The minimum absolute atomic E-state index is 0.0162. The molecule has 0 bridgehead atoms. The van der Waals surface area contributed by atoms with Gasteiger partial charge in [-0.3, -0.25) is 10.1 Å². The first-order valence-electron chi connectivity index (χ1n) is 6.29. The van der Waals surface area contributed by atoms with Gasteiger partial charge in [-0.2, -0.15) is 13.2 Å². The van der Waals surface area contributed by atoms with Crippen molar-refractivity contribution in [1.29, 1.82) is 0 Å². The summed E-state index contributed by atoms with van der Waals surface area (Å²) in [6.45, 7) is 3.09. The molecule has 0 aliphatic rings. The van der Waals surface area contributed by atoms with Crippen LogP contribution in [0.15, 0.2) is 36.4 Å². The highest BCUT2D eigenvalue weighted by atomic mass is 19.4. The summed E-state index contributed by atoms with van der Waals surface area (Å²) in [4.78, 5) is 10.4. The van der Waals surface area contributed by atoms with Crippen molar-refractivity contribution in [2.45, 2.75) is 20.0 Å². The second kappa shape index (κ2) is 5.67. The van der Waals surface area contributed by atoms with E-state index < -0.39 is 16.7 Å².